The number of carbonyl (C=O) groups excluding carboxylic acids is 1. The molecule has 0 bridgehead atoms. The van der Waals surface area contributed by atoms with Crippen LogP contribution in [-0.4, -0.2) is 26.4 Å². The zero-order valence-electron chi connectivity index (χ0n) is 17.8. The number of nitrogens with one attached hydrogen (secondary N) is 2. The molecule has 3 aromatic carbocycles. The van der Waals surface area contributed by atoms with Gasteiger partial charge in [-0.25, -0.2) is 0 Å². The predicted octanol–water partition coefficient (Wildman–Crippen LogP) is 6.23. The van der Waals surface area contributed by atoms with Gasteiger partial charge in [-0.1, -0.05) is 76.9 Å². The van der Waals surface area contributed by atoms with Gasteiger partial charge >= 0.3 is 0 Å². The Morgan fingerprint density at radius 3 is 2.48 bits per heavy atom. The average molecular weight is 498 g/mol. The average Bonchev–Trinajstić information content (AvgIpc) is 3.24. The molecule has 1 aromatic heterocycles. The Balaban J connectivity index is 1.49. The second kappa shape index (κ2) is 10.7. The summed E-state index contributed by atoms with van der Waals surface area (Å²) in [6.07, 6.45) is 0. The molecule has 6 nitrogen and oxygen atoms in total. The number of hydrogen-bond donors (Lipinski definition) is 2. The third-order valence-electron chi connectivity index (χ3n) is 4.78. The minimum absolute atomic E-state index is 0.138. The van der Waals surface area contributed by atoms with Gasteiger partial charge in [-0.3, -0.25) is 9.36 Å². The smallest absolute Gasteiger partial charge is 0.234 e. The van der Waals surface area contributed by atoms with E-state index in [-0.39, 0.29) is 11.7 Å². The number of rotatable bonds is 8. The molecule has 4 aromatic rings. The summed E-state index contributed by atoms with van der Waals surface area (Å²) in [6, 6.07) is 23.1. The second-order valence-electron chi connectivity index (χ2n) is 7.23. The maximum absolute atomic E-state index is 12.5. The molecule has 0 aliphatic carbocycles. The first-order chi connectivity index (χ1) is 16.0. The van der Waals surface area contributed by atoms with Gasteiger partial charge in [0.25, 0.3) is 0 Å². The lowest BCUT2D eigenvalue weighted by Gasteiger charge is -2.12. The van der Waals surface area contributed by atoms with Crippen molar-refractivity contribution in [1.29, 1.82) is 0 Å². The van der Waals surface area contributed by atoms with Gasteiger partial charge in [0.15, 0.2) is 11.0 Å². The van der Waals surface area contributed by atoms with Crippen LogP contribution in [0.2, 0.25) is 10.0 Å². The van der Waals surface area contributed by atoms with E-state index in [1.165, 1.54) is 17.3 Å². The number of benzene rings is 3. The van der Waals surface area contributed by atoms with Gasteiger partial charge in [-0.15, -0.1) is 10.2 Å². The van der Waals surface area contributed by atoms with Crippen molar-refractivity contribution in [2.45, 2.75) is 18.6 Å². The summed E-state index contributed by atoms with van der Waals surface area (Å²) in [5.41, 5.74) is 3.59. The van der Waals surface area contributed by atoms with Crippen LogP contribution in [0, 0.1) is 6.92 Å². The number of thioether (sulfide) groups is 1. The number of hydrogen-bond acceptors (Lipinski definition) is 5. The van der Waals surface area contributed by atoms with Crippen LogP contribution in [0.3, 0.4) is 0 Å². The molecule has 9 heteroatoms. The maximum atomic E-state index is 12.5. The largest absolute Gasteiger partial charge is 0.378 e. The Labute approximate surface area is 206 Å². The first-order valence-electron chi connectivity index (χ1n) is 10.2. The van der Waals surface area contributed by atoms with E-state index < -0.39 is 0 Å². The first-order valence-corrected chi connectivity index (χ1v) is 11.9. The van der Waals surface area contributed by atoms with Crippen molar-refractivity contribution in [3.8, 4) is 5.69 Å². The maximum Gasteiger partial charge on any atom is 0.234 e. The summed E-state index contributed by atoms with van der Waals surface area (Å²) in [4.78, 5) is 12.5. The van der Waals surface area contributed by atoms with Gasteiger partial charge in [0, 0.05) is 11.4 Å². The molecule has 1 heterocycles. The van der Waals surface area contributed by atoms with E-state index in [0.29, 0.717) is 27.4 Å². The van der Waals surface area contributed by atoms with E-state index in [4.69, 9.17) is 23.2 Å². The highest BCUT2D eigenvalue weighted by molar-refractivity contribution is 7.99. The molecular formula is C24H21Cl2N5OS. The zero-order chi connectivity index (χ0) is 23.2. The van der Waals surface area contributed by atoms with E-state index in [0.717, 1.165) is 17.2 Å². The first kappa shape index (κ1) is 23.2. The normalized spacial score (nSPS) is 10.8. The van der Waals surface area contributed by atoms with Crippen LogP contribution in [0.1, 0.15) is 11.4 Å². The van der Waals surface area contributed by atoms with Crippen LogP contribution in [0.5, 0.6) is 0 Å². The van der Waals surface area contributed by atoms with E-state index in [2.05, 4.69) is 39.9 Å². The quantitative estimate of drug-likeness (QED) is 0.282. The third-order valence-corrected chi connectivity index (χ3v) is 6.52. The Morgan fingerprint density at radius 1 is 0.970 bits per heavy atom. The summed E-state index contributed by atoms with van der Waals surface area (Å²) >= 11 is 13.5. The topological polar surface area (TPSA) is 71.8 Å². The Morgan fingerprint density at radius 2 is 1.73 bits per heavy atom. The van der Waals surface area contributed by atoms with E-state index in [1.54, 1.807) is 18.2 Å². The van der Waals surface area contributed by atoms with Gasteiger partial charge in [0.05, 0.1) is 28.0 Å². The Kier molecular flexibility index (Phi) is 7.54. The van der Waals surface area contributed by atoms with Crippen LogP contribution in [-0.2, 0) is 11.3 Å². The van der Waals surface area contributed by atoms with Crippen LogP contribution in [0.25, 0.3) is 5.69 Å². The van der Waals surface area contributed by atoms with Gasteiger partial charge < -0.3 is 10.6 Å². The summed E-state index contributed by atoms with van der Waals surface area (Å²) < 4.78 is 1.95. The molecule has 0 saturated heterocycles. The van der Waals surface area contributed by atoms with Crippen LogP contribution in [0.4, 0.5) is 11.4 Å². The molecular weight excluding hydrogens is 477 g/mol. The van der Waals surface area contributed by atoms with E-state index in [1.807, 2.05) is 47.0 Å². The molecule has 0 fully saturated rings. The monoisotopic (exact) mass is 497 g/mol. The number of para-hydroxylation sites is 1. The summed E-state index contributed by atoms with van der Waals surface area (Å²) in [5.74, 6) is 0.660. The predicted molar refractivity (Wildman–Crippen MR) is 136 cm³/mol. The van der Waals surface area contributed by atoms with Crippen LogP contribution >= 0.6 is 35.0 Å². The molecule has 0 unspecified atom stereocenters. The molecule has 168 valence electrons. The van der Waals surface area contributed by atoms with Crippen LogP contribution < -0.4 is 10.6 Å². The third kappa shape index (κ3) is 5.87. The molecule has 1 amide bonds. The van der Waals surface area contributed by atoms with Crippen molar-refractivity contribution < 1.29 is 4.79 Å². The van der Waals surface area contributed by atoms with Crippen molar-refractivity contribution in [2.75, 3.05) is 16.4 Å². The number of aromatic nitrogens is 3. The standard InChI is InChI=1S/C24H21Cl2N5OS/c1-16-10-12-17(13-11-16)27-14-21-29-30-24(31(21)18-6-3-2-4-7-18)33-15-22(32)28-20-9-5-8-19(25)23(20)26/h2-13,27H,14-15H2,1H3,(H,28,32). The van der Waals surface area contributed by atoms with Crippen molar-refractivity contribution in [3.05, 3.63) is 94.2 Å². The molecule has 0 aliphatic heterocycles. The number of amides is 1. The fraction of sp³-hybridized carbons (Fsp3) is 0.125. The fourth-order valence-electron chi connectivity index (χ4n) is 3.11. The second-order valence-corrected chi connectivity index (χ2v) is 8.96. The fourth-order valence-corrected chi connectivity index (χ4v) is 4.23. The van der Waals surface area contributed by atoms with Crippen molar-refractivity contribution in [1.82, 2.24) is 14.8 Å². The molecule has 33 heavy (non-hydrogen) atoms. The number of aryl methyl sites for hydroxylation is 1. The molecule has 0 radical (unpaired) electrons. The minimum atomic E-state index is -0.217. The molecule has 2 N–H and O–H groups in total. The number of anilines is 2. The van der Waals surface area contributed by atoms with Gasteiger partial charge in [-0.05, 0) is 43.3 Å². The summed E-state index contributed by atoms with van der Waals surface area (Å²) in [7, 11) is 0. The minimum Gasteiger partial charge on any atom is -0.378 e. The molecule has 0 saturated carbocycles. The zero-order valence-corrected chi connectivity index (χ0v) is 20.1. The lowest BCUT2D eigenvalue weighted by atomic mass is 10.2. The highest BCUT2D eigenvalue weighted by Gasteiger charge is 2.16. The lowest BCUT2D eigenvalue weighted by Crippen LogP contribution is -2.15. The number of carbonyl (C=O) groups is 1. The van der Waals surface area contributed by atoms with Crippen molar-refractivity contribution in [2.24, 2.45) is 0 Å². The van der Waals surface area contributed by atoms with Gasteiger partial charge in [-0.2, -0.15) is 0 Å². The summed E-state index contributed by atoms with van der Waals surface area (Å²) in [6.45, 7) is 2.53. The van der Waals surface area contributed by atoms with Gasteiger partial charge in [0.2, 0.25) is 5.91 Å². The molecule has 0 aliphatic rings. The Hall–Kier alpha value is -3.00. The van der Waals surface area contributed by atoms with Gasteiger partial charge in [0.1, 0.15) is 0 Å². The SMILES string of the molecule is Cc1ccc(NCc2nnc(SCC(=O)Nc3cccc(Cl)c3Cl)n2-c2ccccc2)cc1. The highest BCUT2D eigenvalue weighted by atomic mass is 35.5. The highest BCUT2D eigenvalue weighted by Crippen LogP contribution is 2.30. The summed E-state index contributed by atoms with van der Waals surface area (Å²) in [5, 5.41) is 16.2. The van der Waals surface area contributed by atoms with Crippen molar-refractivity contribution in [3.63, 3.8) is 0 Å². The Bertz CT molecular complexity index is 1250. The van der Waals surface area contributed by atoms with Crippen LogP contribution in [0.15, 0.2) is 78.0 Å². The van der Waals surface area contributed by atoms with E-state index >= 15 is 0 Å². The number of nitrogens with zero attached hydrogens (tertiary/aromatic N) is 3. The molecule has 4 rings (SSSR count). The van der Waals surface area contributed by atoms with Crippen molar-refractivity contribution >= 4 is 52.2 Å². The van der Waals surface area contributed by atoms with E-state index in [9.17, 15) is 4.79 Å². The molecule has 0 spiro atoms. The lowest BCUT2D eigenvalue weighted by molar-refractivity contribution is -0.113. The molecule has 0 atom stereocenters. The number of halogens is 2.